The molecule has 0 amide bonds. The summed E-state index contributed by atoms with van der Waals surface area (Å²) in [5, 5.41) is 0. The van der Waals surface area contributed by atoms with Gasteiger partial charge in [-0.3, -0.25) is 0 Å². The van der Waals surface area contributed by atoms with Crippen molar-refractivity contribution in [2.24, 2.45) is 0 Å². The van der Waals surface area contributed by atoms with E-state index in [9.17, 15) is 0 Å². The van der Waals surface area contributed by atoms with Gasteiger partial charge in [-0.05, 0) is 51.9 Å². The number of rotatable bonds is 9. The van der Waals surface area contributed by atoms with Crippen LogP contribution in [0.5, 0.6) is 0 Å². The molecule has 0 saturated carbocycles. The molecule has 0 heteroatoms. The molecule has 0 saturated heterocycles. The highest BCUT2D eigenvalue weighted by Crippen LogP contribution is 2.03. The summed E-state index contributed by atoms with van der Waals surface area (Å²) < 4.78 is 0. The lowest BCUT2D eigenvalue weighted by Gasteiger charge is -1.93. The van der Waals surface area contributed by atoms with Gasteiger partial charge in [0.2, 0.25) is 0 Å². The molecule has 0 spiro atoms. The van der Waals surface area contributed by atoms with Crippen LogP contribution in [0.4, 0.5) is 0 Å². The van der Waals surface area contributed by atoms with Gasteiger partial charge in [0.15, 0.2) is 0 Å². The minimum atomic E-state index is 1.16. The molecule has 0 nitrogen and oxygen atoms in total. The highest BCUT2D eigenvalue weighted by molar-refractivity contribution is 4.84. The fraction of sp³-hybridized carbons (Fsp3) is 0.571. The Bertz CT molecular complexity index is 163. The molecule has 0 rings (SSSR count). The molecule has 0 aromatic heterocycles. The van der Waals surface area contributed by atoms with Crippen LogP contribution in [-0.2, 0) is 0 Å². The molecule has 14 heavy (non-hydrogen) atoms. The first-order valence-corrected chi connectivity index (χ1v) is 5.79. The summed E-state index contributed by atoms with van der Waals surface area (Å²) in [6.45, 7) is 5.79. The van der Waals surface area contributed by atoms with E-state index in [0.29, 0.717) is 0 Å². The van der Waals surface area contributed by atoms with Crippen molar-refractivity contribution in [2.45, 2.75) is 51.9 Å². The van der Waals surface area contributed by atoms with Gasteiger partial charge in [-0.2, -0.15) is 0 Å². The molecule has 80 valence electrons. The molecule has 0 aromatic carbocycles. The monoisotopic (exact) mass is 192 g/mol. The summed E-state index contributed by atoms with van der Waals surface area (Å²) in [6.07, 6.45) is 19.7. The Morgan fingerprint density at radius 3 is 2.00 bits per heavy atom. The van der Waals surface area contributed by atoms with Crippen molar-refractivity contribution < 1.29 is 0 Å². The maximum Gasteiger partial charge on any atom is -0.0348 e. The van der Waals surface area contributed by atoms with Gasteiger partial charge in [0, 0.05) is 0 Å². The zero-order valence-corrected chi connectivity index (χ0v) is 9.54. The summed E-state index contributed by atoms with van der Waals surface area (Å²) in [4.78, 5) is 0. The predicted molar refractivity (Wildman–Crippen MR) is 66.5 cm³/mol. The minimum Gasteiger partial charge on any atom is -0.103 e. The summed E-state index contributed by atoms with van der Waals surface area (Å²) in [7, 11) is 0. The lowest BCUT2D eigenvalue weighted by atomic mass is 10.1. The summed E-state index contributed by atoms with van der Waals surface area (Å²) >= 11 is 0. The maximum absolute atomic E-state index is 3.71. The molecule has 0 aliphatic rings. The van der Waals surface area contributed by atoms with Crippen molar-refractivity contribution in [3.63, 3.8) is 0 Å². The first-order chi connectivity index (χ1) is 6.91. The molecule has 0 aromatic rings. The van der Waals surface area contributed by atoms with Crippen LogP contribution in [-0.4, -0.2) is 0 Å². The van der Waals surface area contributed by atoms with Crippen molar-refractivity contribution in [3.05, 3.63) is 37.0 Å². The molecule has 0 radical (unpaired) electrons. The molecule has 0 unspecified atom stereocenters. The minimum absolute atomic E-state index is 1.16. The van der Waals surface area contributed by atoms with E-state index in [1.165, 1.54) is 38.5 Å². The van der Waals surface area contributed by atoms with Gasteiger partial charge in [0.05, 0.1) is 0 Å². The largest absolute Gasteiger partial charge is 0.103 e. The van der Waals surface area contributed by atoms with E-state index in [-0.39, 0.29) is 0 Å². The average molecular weight is 192 g/mol. The van der Waals surface area contributed by atoms with Crippen LogP contribution >= 0.6 is 0 Å². The van der Waals surface area contributed by atoms with Crippen molar-refractivity contribution in [3.8, 4) is 0 Å². The topological polar surface area (TPSA) is 0 Å². The van der Waals surface area contributed by atoms with E-state index in [1.807, 2.05) is 6.08 Å². The number of hydrogen-bond donors (Lipinski definition) is 0. The van der Waals surface area contributed by atoms with Crippen LogP contribution in [0.3, 0.4) is 0 Å². The van der Waals surface area contributed by atoms with Crippen LogP contribution in [0.25, 0.3) is 0 Å². The quantitative estimate of drug-likeness (QED) is 0.355. The van der Waals surface area contributed by atoms with Gasteiger partial charge in [-0.15, -0.1) is 6.58 Å². The summed E-state index contributed by atoms with van der Waals surface area (Å²) in [5.41, 5.74) is 0. The highest BCUT2D eigenvalue weighted by Gasteiger charge is 1.83. The lowest BCUT2D eigenvalue weighted by molar-refractivity contribution is 0.759. The van der Waals surface area contributed by atoms with Gasteiger partial charge < -0.3 is 0 Å². The van der Waals surface area contributed by atoms with Crippen LogP contribution < -0.4 is 0 Å². The maximum atomic E-state index is 3.71. The van der Waals surface area contributed by atoms with Gasteiger partial charge in [0.25, 0.3) is 0 Å². The van der Waals surface area contributed by atoms with Gasteiger partial charge in [0.1, 0.15) is 0 Å². The van der Waals surface area contributed by atoms with Gasteiger partial charge in [-0.25, -0.2) is 0 Å². The predicted octanol–water partition coefficient (Wildman–Crippen LogP) is 5.04. The van der Waals surface area contributed by atoms with Crippen molar-refractivity contribution in [1.82, 2.24) is 0 Å². The molecule has 0 aliphatic carbocycles. The van der Waals surface area contributed by atoms with E-state index in [4.69, 9.17) is 0 Å². The van der Waals surface area contributed by atoms with E-state index >= 15 is 0 Å². The fourth-order valence-corrected chi connectivity index (χ4v) is 1.31. The Hall–Kier alpha value is -0.780. The molecule has 0 bridgehead atoms. The second-order valence-corrected chi connectivity index (χ2v) is 3.54. The van der Waals surface area contributed by atoms with Crippen LogP contribution in [0, 0.1) is 0 Å². The summed E-state index contributed by atoms with van der Waals surface area (Å²) in [6, 6.07) is 0. The Labute approximate surface area is 89.4 Å². The molecule has 0 fully saturated rings. The normalized spacial score (nSPS) is 11.5. The highest BCUT2D eigenvalue weighted by atomic mass is 13.9. The van der Waals surface area contributed by atoms with E-state index < -0.39 is 0 Å². The number of hydrogen-bond acceptors (Lipinski definition) is 0. The van der Waals surface area contributed by atoms with Crippen molar-refractivity contribution in [2.75, 3.05) is 0 Å². The number of unbranched alkanes of at least 4 members (excludes halogenated alkanes) is 5. The van der Waals surface area contributed by atoms with Crippen LogP contribution in [0.1, 0.15) is 51.9 Å². The molecule has 0 N–H and O–H groups in total. The van der Waals surface area contributed by atoms with Crippen LogP contribution in [0.15, 0.2) is 37.0 Å². The molecular weight excluding hydrogens is 168 g/mol. The van der Waals surface area contributed by atoms with Crippen molar-refractivity contribution >= 4 is 0 Å². The smallest absolute Gasteiger partial charge is 0.0348 e. The standard InChI is InChI=1S/C14H24/c1-3-5-7-9-11-13-14-12-10-8-6-4-2/h3-4,6,13-14H,1,5,7-12H2,2H3. The van der Waals surface area contributed by atoms with E-state index in [1.54, 1.807) is 0 Å². The Morgan fingerprint density at radius 2 is 1.36 bits per heavy atom. The zero-order valence-electron chi connectivity index (χ0n) is 9.54. The third-order valence-corrected chi connectivity index (χ3v) is 2.17. The Morgan fingerprint density at radius 1 is 0.786 bits per heavy atom. The third-order valence-electron chi connectivity index (χ3n) is 2.17. The fourth-order valence-electron chi connectivity index (χ4n) is 1.31. The van der Waals surface area contributed by atoms with Gasteiger partial charge in [-0.1, -0.05) is 30.4 Å². The average Bonchev–Trinajstić information content (AvgIpc) is 2.21. The Kier molecular flexibility index (Phi) is 11.5. The molecular formula is C14H24. The second kappa shape index (κ2) is 12.2. The molecule has 0 heterocycles. The third kappa shape index (κ3) is 11.2. The first kappa shape index (κ1) is 13.2. The van der Waals surface area contributed by atoms with Crippen molar-refractivity contribution in [1.29, 1.82) is 0 Å². The van der Waals surface area contributed by atoms with Gasteiger partial charge >= 0.3 is 0 Å². The summed E-state index contributed by atoms with van der Waals surface area (Å²) in [5.74, 6) is 0. The SMILES string of the molecule is C=CCCCCC=CCCCC=CC. The molecule has 0 aliphatic heterocycles. The number of allylic oxidation sites excluding steroid dienone is 5. The molecule has 0 atom stereocenters. The zero-order chi connectivity index (χ0) is 10.5. The van der Waals surface area contributed by atoms with E-state index in [2.05, 4.69) is 37.8 Å². The Balaban J connectivity index is 3.07. The lowest BCUT2D eigenvalue weighted by Crippen LogP contribution is -1.73. The van der Waals surface area contributed by atoms with Crippen LogP contribution in [0.2, 0.25) is 0 Å². The van der Waals surface area contributed by atoms with E-state index in [0.717, 1.165) is 6.42 Å². The second-order valence-electron chi connectivity index (χ2n) is 3.54. The first-order valence-electron chi connectivity index (χ1n) is 5.79.